The summed E-state index contributed by atoms with van der Waals surface area (Å²) >= 11 is 1.54. The Hall–Kier alpha value is -2.20. The molecule has 0 unspecified atom stereocenters. The quantitative estimate of drug-likeness (QED) is 0.675. The number of carbonyl (C=O) groups excluding carboxylic acids is 1. The predicted molar refractivity (Wildman–Crippen MR) is 86.6 cm³/mol. The van der Waals surface area contributed by atoms with Crippen molar-refractivity contribution in [3.05, 3.63) is 64.0 Å². The maximum atomic E-state index is 12.4. The van der Waals surface area contributed by atoms with Crippen molar-refractivity contribution in [2.45, 2.75) is 13.8 Å². The molecule has 21 heavy (non-hydrogen) atoms. The zero-order chi connectivity index (χ0) is 15.0. The Morgan fingerprint density at radius 2 is 1.76 bits per heavy atom. The van der Waals surface area contributed by atoms with E-state index in [1.807, 2.05) is 48.9 Å². The number of thiazole rings is 1. The number of benzene rings is 2. The number of rotatable bonds is 1. The number of hydrogen-bond acceptors (Lipinski definition) is 2. The third-order valence-corrected chi connectivity index (χ3v) is 4.69. The smallest absolute Gasteiger partial charge is 0.279 e. The highest BCUT2D eigenvalue weighted by atomic mass is 32.1. The Labute approximate surface area is 127 Å². The Morgan fingerprint density at radius 3 is 2.48 bits per heavy atom. The van der Waals surface area contributed by atoms with Gasteiger partial charge in [0.1, 0.15) is 0 Å². The van der Waals surface area contributed by atoms with Gasteiger partial charge in [0.2, 0.25) is 0 Å². The lowest BCUT2D eigenvalue weighted by Crippen LogP contribution is -2.14. The standard InChI is InChI=1S/C17H16N2OS/c1-11-7-4-5-9-13(11)16(20)18-17-19(3)15-12(2)8-6-10-14(15)21-17/h4-10H,1-3H3. The lowest BCUT2D eigenvalue weighted by molar-refractivity contribution is 0.0997. The number of nitrogens with zero attached hydrogens (tertiary/aromatic N) is 2. The summed E-state index contributed by atoms with van der Waals surface area (Å²) in [5, 5.41) is 0. The minimum absolute atomic E-state index is 0.187. The van der Waals surface area contributed by atoms with Crippen molar-refractivity contribution in [1.82, 2.24) is 4.57 Å². The van der Waals surface area contributed by atoms with E-state index < -0.39 is 0 Å². The highest BCUT2D eigenvalue weighted by Crippen LogP contribution is 2.20. The first-order chi connectivity index (χ1) is 10.1. The Kier molecular flexibility index (Phi) is 3.47. The Balaban J connectivity index is 2.17. The topological polar surface area (TPSA) is 34.4 Å². The van der Waals surface area contributed by atoms with Crippen molar-refractivity contribution < 1.29 is 4.79 Å². The molecule has 3 nitrogen and oxygen atoms in total. The molecule has 0 atom stereocenters. The number of fused-ring (bicyclic) bond motifs is 1. The van der Waals surface area contributed by atoms with Gasteiger partial charge in [-0.1, -0.05) is 41.7 Å². The molecule has 1 heterocycles. The lowest BCUT2D eigenvalue weighted by Gasteiger charge is -2.00. The van der Waals surface area contributed by atoms with Gasteiger partial charge in [-0.05, 0) is 37.1 Å². The lowest BCUT2D eigenvalue weighted by atomic mass is 10.1. The van der Waals surface area contributed by atoms with Crippen LogP contribution in [0.2, 0.25) is 0 Å². The number of carbonyl (C=O) groups is 1. The largest absolute Gasteiger partial charge is 0.319 e. The van der Waals surface area contributed by atoms with E-state index in [1.165, 1.54) is 5.56 Å². The maximum absolute atomic E-state index is 12.4. The molecule has 0 radical (unpaired) electrons. The van der Waals surface area contributed by atoms with Crippen LogP contribution in [0.1, 0.15) is 21.5 Å². The van der Waals surface area contributed by atoms with Crippen LogP contribution in [0.4, 0.5) is 0 Å². The van der Waals surface area contributed by atoms with E-state index in [1.54, 1.807) is 11.3 Å². The molecule has 1 amide bonds. The molecule has 2 aromatic carbocycles. The first kappa shape index (κ1) is 13.8. The molecule has 0 aliphatic heterocycles. The monoisotopic (exact) mass is 296 g/mol. The van der Waals surface area contributed by atoms with Crippen molar-refractivity contribution >= 4 is 27.5 Å². The maximum Gasteiger partial charge on any atom is 0.279 e. The van der Waals surface area contributed by atoms with Gasteiger partial charge in [-0.25, -0.2) is 0 Å². The molecular weight excluding hydrogens is 280 g/mol. The van der Waals surface area contributed by atoms with Gasteiger partial charge in [-0.2, -0.15) is 4.99 Å². The van der Waals surface area contributed by atoms with Crippen molar-refractivity contribution in [2.75, 3.05) is 0 Å². The summed E-state index contributed by atoms with van der Waals surface area (Å²) in [6.07, 6.45) is 0. The van der Waals surface area contributed by atoms with Crippen molar-refractivity contribution in [2.24, 2.45) is 12.0 Å². The Morgan fingerprint density at radius 1 is 1.05 bits per heavy atom. The van der Waals surface area contributed by atoms with Crippen LogP contribution in [0.3, 0.4) is 0 Å². The van der Waals surface area contributed by atoms with Gasteiger partial charge in [-0.15, -0.1) is 0 Å². The average Bonchev–Trinajstić information content (AvgIpc) is 2.77. The van der Waals surface area contributed by atoms with E-state index in [9.17, 15) is 4.79 Å². The van der Waals surface area contributed by atoms with E-state index in [0.29, 0.717) is 5.56 Å². The molecule has 0 spiro atoms. The highest BCUT2D eigenvalue weighted by Gasteiger charge is 2.09. The van der Waals surface area contributed by atoms with Crippen molar-refractivity contribution in [1.29, 1.82) is 0 Å². The zero-order valence-corrected chi connectivity index (χ0v) is 13.1. The van der Waals surface area contributed by atoms with Gasteiger partial charge < -0.3 is 4.57 Å². The van der Waals surface area contributed by atoms with Gasteiger partial charge in [-0.3, -0.25) is 4.79 Å². The number of para-hydroxylation sites is 1. The van der Waals surface area contributed by atoms with Crippen molar-refractivity contribution in [3.8, 4) is 0 Å². The molecule has 106 valence electrons. The minimum atomic E-state index is -0.187. The minimum Gasteiger partial charge on any atom is -0.319 e. The van der Waals surface area contributed by atoms with Crippen LogP contribution in [-0.2, 0) is 7.05 Å². The SMILES string of the molecule is Cc1ccccc1C(=O)N=c1sc2cccc(C)c2n1C. The second-order valence-corrected chi connectivity index (χ2v) is 6.11. The highest BCUT2D eigenvalue weighted by molar-refractivity contribution is 7.16. The summed E-state index contributed by atoms with van der Waals surface area (Å²) in [5.41, 5.74) is 3.94. The third-order valence-electron chi connectivity index (χ3n) is 3.60. The number of aryl methyl sites for hydroxylation is 3. The molecule has 1 aromatic heterocycles. The molecule has 3 rings (SSSR count). The number of aromatic nitrogens is 1. The van der Waals surface area contributed by atoms with Crippen LogP contribution in [0, 0.1) is 13.8 Å². The molecule has 0 fully saturated rings. The molecule has 4 heteroatoms. The van der Waals surface area contributed by atoms with Crippen LogP contribution in [0.25, 0.3) is 10.2 Å². The van der Waals surface area contributed by atoms with E-state index in [2.05, 4.69) is 24.0 Å². The normalized spacial score (nSPS) is 12.0. The second-order valence-electron chi connectivity index (χ2n) is 5.10. The molecule has 0 aliphatic carbocycles. The molecule has 3 aromatic rings. The van der Waals surface area contributed by atoms with Gasteiger partial charge in [0.25, 0.3) is 5.91 Å². The van der Waals surface area contributed by atoms with Gasteiger partial charge in [0.15, 0.2) is 4.80 Å². The van der Waals surface area contributed by atoms with Gasteiger partial charge >= 0.3 is 0 Å². The average molecular weight is 296 g/mol. The van der Waals surface area contributed by atoms with E-state index in [-0.39, 0.29) is 5.91 Å². The third kappa shape index (κ3) is 2.43. The summed E-state index contributed by atoms with van der Waals surface area (Å²) in [4.78, 5) is 17.4. The zero-order valence-electron chi connectivity index (χ0n) is 12.3. The molecular formula is C17H16N2OS. The van der Waals surface area contributed by atoms with E-state index in [0.717, 1.165) is 20.6 Å². The summed E-state index contributed by atoms with van der Waals surface area (Å²) in [6, 6.07) is 13.7. The fourth-order valence-corrected chi connectivity index (χ4v) is 3.56. The molecule has 0 aliphatic rings. The second kappa shape index (κ2) is 5.30. The van der Waals surface area contributed by atoms with Crippen LogP contribution in [-0.4, -0.2) is 10.5 Å². The van der Waals surface area contributed by atoms with Crippen LogP contribution < -0.4 is 4.80 Å². The number of hydrogen-bond donors (Lipinski definition) is 0. The number of amides is 1. The van der Waals surface area contributed by atoms with Crippen molar-refractivity contribution in [3.63, 3.8) is 0 Å². The Bertz CT molecular complexity index is 903. The summed E-state index contributed by atoms with van der Waals surface area (Å²) in [6.45, 7) is 4.00. The van der Waals surface area contributed by atoms with Crippen LogP contribution >= 0.6 is 11.3 Å². The fraction of sp³-hybridized carbons (Fsp3) is 0.176. The fourth-order valence-electron chi connectivity index (χ4n) is 2.46. The molecule has 0 saturated carbocycles. The van der Waals surface area contributed by atoms with E-state index in [4.69, 9.17) is 0 Å². The first-order valence-corrected chi connectivity index (χ1v) is 7.59. The first-order valence-electron chi connectivity index (χ1n) is 6.78. The van der Waals surface area contributed by atoms with Crippen LogP contribution in [0.15, 0.2) is 47.5 Å². The summed E-state index contributed by atoms with van der Waals surface area (Å²) < 4.78 is 3.14. The van der Waals surface area contributed by atoms with Crippen LogP contribution in [0.5, 0.6) is 0 Å². The van der Waals surface area contributed by atoms with Gasteiger partial charge in [0.05, 0.1) is 10.2 Å². The predicted octanol–water partition coefficient (Wildman–Crippen LogP) is 3.60. The summed E-state index contributed by atoms with van der Waals surface area (Å²) in [7, 11) is 1.95. The molecule has 0 bridgehead atoms. The molecule has 0 saturated heterocycles. The molecule has 0 N–H and O–H groups in total. The summed E-state index contributed by atoms with van der Waals surface area (Å²) in [5.74, 6) is -0.187. The van der Waals surface area contributed by atoms with Gasteiger partial charge in [0, 0.05) is 12.6 Å². The van der Waals surface area contributed by atoms with E-state index >= 15 is 0 Å².